The highest BCUT2D eigenvalue weighted by atomic mass is 15.2. The van der Waals surface area contributed by atoms with E-state index in [2.05, 4.69) is 95.2 Å². The van der Waals surface area contributed by atoms with Crippen LogP contribution in [0.4, 0.5) is 5.82 Å². The predicted octanol–water partition coefficient (Wildman–Crippen LogP) is 6.58. The number of piperidine rings is 1. The molecular weight excluding hydrogens is 444 g/mol. The molecule has 2 aromatic carbocycles. The zero-order chi connectivity index (χ0) is 24.6. The lowest BCUT2D eigenvalue weighted by molar-refractivity contribution is 0.487. The van der Waals surface area contributed by atoms with Gasteiger partial charge in [0, 0.05) is 24.7 Å². The van der Waals surface area contributed by atoms with Crippen molar-refractivity contribution in [3.05, 3.63) is 83.6 Å². The monoisotopic (exact) mass is 476 g/mol. The summed E-state index contributed by atoms with van der Waals surface area (Å²) >= 11 is 0. The number of benzene rings is 2. The van der Waals surface area contributed by atoms with Gasteiger partial charge in [0.2, 0.25) is 0 Å². The minimum atomic E-state index is 0.426. The Morgan fingerprint density at radius 3 is 2.33 bits per heavy atom. The number of hydrogen-bond donors (Lipinski definition) is 2. The average Bonchev–Trinajstić information content (AvgIpc) is 3.53. The van der Waals surface area contributed by atoms with Crippen LogP contribution in [0.1, 0.15) is 48.3 Å². The summed E-state index contributed by atoms with van der Waals surface area (Å²) in [6.07, 6.45) is 4.82. The van der Waals surface area contributed by atoms with Crippen LogP contribution in [0.5, 0.6) is 0 Å². The van der Waals surface area contributed by atoms with Crippen LogP contribution in [0, 0.1) is 13.8 Å². The van der Waals surface area contributed by atoms with Crippen molar-refractivity contribution in [1.82, 2.24) is 24.9 Å². The quantitative estimate of drug-likeness (QED) is 0.301. The minimum absolute atomic E-state index is 0.426. The van der Waals surface area contributed by atoms with E-state index in [9.17, 15) is 0 Å². The van der Waals surface area contributed by atoms with Gasteiger partial charge >= 0.3 is 0 Å². The van der Waals surface area contributed by atoms with Crippen LogP contribution in [-0.2, 0) is 6.42 Å². The third-order valence-electron chi connectivity index (χ3n) is 7.50. The van der Waals surface area contributed by atoms with E-state index < -0.39 is 0 Å². The molecule has 5 aromatic rings. The number of H-pyrrole nitrogens is 2. The maximum absolute atomic E-state index is 4.94. The Hall–Kier alpha value is -3.93. The van der Waals surface area contributed by atoms with Gasteiger partial charge in [-0.2, -0.15) is 0 Å². The first-order chi connectivity index (χ1) is 17.6. The molecule has 0 spiro atoms. The molecule has 0 unspecified atom stereocenters. The highest BCUT2D eigenvalue weighted by Crippen LogP contribution is 2.34. The summed E-state index contributed by atoms with van der Waals surface area (Å²) in [4.78, 5) is 23.7. The zero-order valence-corrected chi connectivity index (χ0v) is 21.2. The molecule has 0 aliphatic carbocycles. The van der Waals surface area contributed by atoms with Crippen molar-refractivity contribution in [2.75, 3.05) is 18.0 Å². The van der Waals surface area contributed by atoms with Gasteiger partial charge in [-0.05, 0) is 55.9 Å². The van der Waals surface area contributed by atoms with Crippen molar-refractivity contribution >= 4 is 16.9 Å². The summed E-state index contributed by atoms with van der Waals surface area (Å²) in [6, 6.07) is 19.6. The number of nitrogens with one attached hydrogen (secondary N) is 2. The summed E-state index contributed by atoms with van der Waals surface area (Å²) in [5.41, 5.74) is 9.17. The third kappa shape index (κ3) is 4.17. The van der Waals surface area contributed by atoms with Gasteiger partial charge in [0.15, 0.2) is 0 Å². The molecule has 0 atom stereocenters. The van der Waals surface area contributed by atoms with Crippen molar-refractivity contribution < 1.29 is 0 Å². The predicted molar refractivity (Wildman–Crippen MR) is 146 cm³/mol. The first kappa shape index (κ1) is 22.5. The van der Waals surface area contributed by atoms with Crippen LogP contribution in [0.3, 0.4) is 0 Å². The lowest BCUT2D eigenvalue weighted by Crippen LogP contribution is -2.33. The first-order valence-corrected chi connectivity index (χ1v) is 12.9. The molecule has 0 bridgehead atoms. The van der Waals surface area contributed by atoms with E-state index in [1.165, 1.54) is 16.7 Å². The highest BCUT2D eigenvalue weighted by Gasteiger charge is 2.26. The average molecular weight is 477 g/mol. The molecule has 0 saturated carbocycles. The normalized spacial score (nSPS) is 14.6. The number of nitrogens with zero attached hydrogens (tertiary/aromatic N) is 4. The van der Waals surface area contributed by atoms with E-state index in [0.29, 0.717) is 5.92 Å². The third-order valence-corrected chi connectivity index (χ3v) is 7.50. The fraction of sp³-hybridized carbons (Fsp3) is 0.300. The maximum Gasteiger partial charge on any atom is 0.143 e. The smallest absolute Gasteiger partial charge is 0.143 e. The van der Waals surface area contributed by atoms with Crippen molar-refractivity contribution in [3.63, 3.8) is 0 Å². The number of fused-ring (bicyclic) bond motifs is 1. The molecule has 0 amide bonds. The molecule has 6 rings (SSSR count). The molecule has 36 heavy (non-hydrogen) atoms. The van der Waals surface area contributed by atoms with Crippen molar-refractivity contribution in [2.24, 2.45) is 0 Å². The van der Waals surface area contributed by atoms with Gasteiger partial charge in [0.1, 0.15) is 23.6 Å². The Labute approximate surface area is 211 Å². The maximum atomic E-state index is 4.94. The molecular formula is C30H32N6. The molecule has 1 aliphatic rings. The van der Waals surface area contributed by atoms with Crippen molar-refractivity contribution in [2.45, 2.75) is 46.0 Å². The fourth-order valence-corrected chi connectivity index (χ4v) is 5.30. The molecule has 6 heteroatoms. The molecule has 4 heterocycles. The van der Waals surface area contributed by atoms with E-state index in [1.54, 1.807) is 6.33 Å². The van der Waals surface area contributed by atoms with Crippen molar-refractivity contribution in [3.8, 4) is 22.5 Å². The summed E-state index contributed by atoms with van der Waals surface area (Å²) in [5, 5.41) is 1.08. The lowest BCUT2D eigenvalue weighted by Gasteiger charge is -2.32. The summed E-state index contributed by atoms with van der Waals surface area (Å²) in [6.45, 7) is 8.29. The Balaban J connectivity index is 1.20. The number of rotatable bonds is 5. The van der Waals surface area contributed by atoms with E-state index >= 15 is 0 Å². The topological polar surface area (TPSA) is 73.5 Å². The van der Waals surface area contributed by atoms with Crippen LogP contribution in [0.2, 0.25) is 0 Å². The van der Waals surface area contributed by atoms with Crippen LogP contribution >= 0.6 is 0 Å². The Morgan fingerprint density at radius 1 is 0.889 bits per heavy atom. The largest absolute Gasteiger partial charge is 0.356 e. The van der Waals surface area contributed by atoms with E-state index in [1.807, 2.05) is 0 Å². The Bertz CT molecular complexity index is 1490. The molecule has 1 fully saturated rings. The van der Waals surface area contributed by atoms with Gasteiger partial charge in [-0.1, -0.05) is 61.0 Å². The van der Waals surface area contributed by atoms with Gasteiger partial charge in [-0.3, -0.25) is 0 Å². The Morgan fingerprint density at radius 2 is 1.61 bits per heavy atom. The summed E-state index contributed by atoms with van der Waals surface area (Å²) in [5.74, 6) is 2.55. The molecule has 2 N–H and O–H groups in total. The van der Waals surface area contributed by atoms with Gasteiger partial charge in [-0.15, -0.1) is 0 Å². The van der Waals surface area contributed by atoms with Gasteiger partial charge in [0.25, 0.3) is 0 Å². The fourth-order valence-electron chi connectivity index (χ4n) is 5.30. The SMILES string of the molecule is CCc1ccc(-c2[nH]c(C3CCN(c4ncnc5[nH]c(-c6ccc(C)cc6)cc45)CC3)nc2C)cc1. The molecule has 0 radical (unpaired) electrons. The number of aromatic nitrogens is 5. The number of imidazole rings is 1. The summed E-state index contributed by atoms with van der Waals surface area (Å²) in [7, 11) is 0. The van der Waals surface area contributed by atoms with Crippen LogP contribution in [0.25, 0.3) is 33.5 Å². The van der Waals surface area contributed by atoms with Gasteiger partial charge in [-0.25, -0.2) is 15.0 Å². The number of aryl methyl sites for hydroxylation is 3. The second-order valence-corrected chi connectivity index (χ2v) is 9.90. The van der Waals surface area contributed by atoms with Crippen LogP contribution in [-0.4, -0.2) is 38.0 Å². The second-order valence-electron chi connectivity index (χ2n) is 9.90. The summed E-state index contributed by atoms with van der Waals surface area (Å²) < 4.78 is 0. The molecule has 1 saturated heterocycles. The molecule has 3 aromatic heterocycles. The number of aromatic amines is 2. The van der Waals surface area contributed by atoms with E-state index in [0.717, 1.165) is 77.7 Å². The lowest BCUT2D eigenvalue weighted by atomic mass is 9.96. The first-order valence-electron chi connectivity index (χ1n) is 12.9. The Kier molecular flexibility index (Phi) is 5.80. The number of hydrogen-bond acceptors (Lipinski definition) is 4. The van der Waals surface area contributed by atoms with Gasteiger partial charge in [0.05, 0.1) is 16.8 Å². The van der Waals surface area contributed by atoms with E-state index in [-0.39, 0.29) is 0 Å². The van der Waals surface area contributed by atoms with Crippen LogP contribution in [0.15, 0.2) is 60.9 Å². The second kappa shape index (κ2) is 9.26. The highest BCUT2D eigenvalue weighted by molar-refractivity contribution is 5.92. The van der Waals surface area contributed by atoms with Crippen molar-refractivity contribution in [1.29, 1.82) is 0 Å². The van der Waals surface area contributed by atoms with Crippen LogP contribution < -0.4 is 4.90 Å². The molecule has 1 aliphatic heterocycles. The van der Waals surface area contributed by atoms with Gasteiger partial charge < -0.3 is 14.9 Å². The molecule has 6 nitrogen and oxygen atoms in total. The minimum Gasteiger partial charge on any atom is -0.356 e. The standard InChI is InChI=1S/C30H32N6/c1-4-21-7-11-23(12-8-21)27-20(3)33-28(35-27)24-13-15-36(16-14-24)30-25-17-26(34-29(25)31-18-32-30)22-9-5-19(2)6-10-22/h5-12,17-18,24H,4,13-16H2,1-3H3,(H,33,35)(H,31,32,34). The van der Waals surface area contributed by atoms with E-state index in [4.69, 9.17) is 9.97 Å². The number of anilines is 1. The zero-order valence-electron chi connectivity index (χ0n) is 21.2. The molecule has 182 valence electrons.